The topological polar surface area (TPSA) is 60.2 Å². The number of Topliss-reactive ketones (excluding diaryl/α,β-unsaturated/α-hetero) is 1. The van der Waals surface area contributed by atoms with Gasteiger partial charge in [0.2, 0.25) is 6.54 Å². The Bertz CT molecular complexity index is 290. The van der Waals surface area contributed by atoms with Crippen LogP contribution in [0.15, 0.2) is 0 Å². The summed E-state index contributed by atoms with van der Waals surface area (Å²) in [6.07, 6.45) is -3.35. The van der Waals surface area contributed by atoms with E-state index in [2.05, 4.69) is 0 Å². The number of hydrogen-bond acceptors (Lipinski definition) is 3. The van der Waals surface area contributed by atoms with E-state index < -0.39 is 35.3 Å². The fourth-order valence-corrected chi connectivity index (χ4v) is 2.05. The van der Waals surface area contributed by atoms with Crippen molar-refractivity contribution in [1.82, 2.24) is 0 Å². The Kier molecular flexibility index (Phi) is 3.88. The lowest BCUT2D eigenvalue weighted by Crippen LogP contribution is -2.40. The molecule has 2 atom stereocenters. The van der Waals surface area contributed by atoms with Crippen LogP contribution in [0, 0.1) is 22.0 Å². The molecular weight excluding hydrogens is 227 g/mol. The third-order valence-corrected chi connectivity index (χ3v) is 2.85. The Balaban J connectivity index is 2.82. The van der Waals surface area contributed by atoms with Gasteiger partial charge < -0.3 is 0 Å². The van der Waals surface area contributed by atoms with Gasteiger partial charge >= 0.3 is 6.18 Å². The molecule has 0 N–H and O–H groups in total. The van der Waals surface area contributed by atoms with E-state index in [0.29, 0.717) is 12.8 Å². The second kappa shape index (κ2) is 4.80. The standard InChI is InChI=1S/C9H12F3NO3/c10-9(11,12)7(5-13(15)16)6-3-1-2-4-8(6)14/h6-7H,1-5H2. The van der Waals surface area contributed by atoms with Crippen LogP contribution in [0.2, 0.25) is 0 Å². The molecule has 0 spiro atoms. The number of halogens is 3. The lowest BCUT2D eigenvalue weighted by molar-refractivity contribution is -0.499. The molecule has 1 rings (SSSR count). The first-order chi connectivity index (χ1) is 7.32. The molecule has 1 aliphatic carbocycles. The van der Waals surface area contributed by atoms with Crippen LogP contribution in [-0.4, -0.2) is 23.4 Å². The number of ketones is 1. The van der Waals surface area contributed by atoms with E-state index in [1.54, 1.807) is 0 Å². The SMILES string of the molecule is O=C1CCCCC1C(C[N+](=O)[O-])C(F)(F)F. The van der Waals surface area contributed by atoms with E-state index in [-0.39, 0.29) is 12.8 Å². The van der Waals surface area contributed by atoms with Crippen molar-refractivity contribution in [3.05, 3.63) is 10.1 Å². The minimum Gasteiger partial charge on any atom is -0.299 e. The molecule has 0 aromatic rings. The summed E-state index contributed by atoms with van der Waals surface area (Å²) in [4.78, 5) is 20.5. The van der Waals surface area contributed by atoms with Gasteiger partial charge in [0.15, 0.2) is 0 Å². The summed E-state index contributed by atoms with van der Waals surface area (Å²) in [5, 5.41) is 10.2. The van der Waals surface area contributed by atoms with Crippen molar-refractivity contribution in [2.75, 3.05) is 6.54 Å². The van der Waals surface area contributed by atoms with E-state index in [1.807, 2.05) is 0 Å². The van der Waals surface area contributed by atoms with Crippen LogP contribution >= 0.6 is 0 Å². The maximum Gasteiger partial charge on any atom is 0.398 e. The minimum absolute atomic E-state index is 0.106. The number of nitrogens with zero attached hydrogens (tertiary/aromatic N) is 1. The molecule has 1 fully saturated rings. The smallest absolute Gasteiger partial charge is 0.299 e. The van der Waals surface area contributed by atoms with Crippen LogP contribution in [0.3, 0.4) is 0 Å². The second-order valence-corrected chi connectivity index (χ2v) is 3.98. The van der Waals surface area contributed by atoms with E-state index in [1.165, 1.54) is 0 Å². The lowest BCUT2D eigenvalue weighted by Gasteiger charge is -2.27. The number of rotatable bonds is 3. The maximum absolute atomic E-state index is 12.6. The maximum atomic E-state index is 12.6. The van der Waals surface area contributed by atoms with Gasteiger partial charge in [-0.2, -0.15) is 13.2 Å². The summed E-state index contributed by atoms with van der Waals surface area (Å²) in [5.74, 6) is -3.84. The van der Waals surface area contributed by atoms with Gasteiger partial charge in [0.05, 0.1) is 0 Å². The highest BCUT2D eigenvalue weighted by Gasteiger charge is 2.50. The quantitative estimate of drug-likeness (QED) is 0.560. The summed E-state index contributed by atoms with van der Waals surface area (Å²) < 4.78 is 37.7. The van der Waals surface area contributed by atoms with Crippen molar-refractivity contribution < 1.29 is 22.9 Å². The van der Waals surface area contributed by atoms with Gasteiger partial charge in [-0.15, -0.1) is 0 Å². The predicted molar refractivity (Wildman–Crippen MR) is 48.4 cm³/mol. The number of carbonyl (C=O) groups excluding carboxylic acids is 1. The Morgan fingerprint density at radius 2 is 2.06 bits per heavy atom. The van der Waals surface area contributed by atoms with Crippen molar-refractivity contribution in [1.29, 1.82) is 0 Å². The fourth-order valence-electron chi connectivity index (χ4n) is 2.05. The molecule has 0 radical (unpaired) electrons. The van der Waals surface area contributed by atoms with Gasteiger partial charge in [-0.25, -0.2) is 0 Å². The number of nitro groups is 1. The van der Waals surface area contributed by atoms with Crippen molar-refractivity contribution >= 4 is 5.78 Å². The van der Waals surface area contributed by atoms with Crippen LogP contribution in [0.5, 0.6) is 0 Å². The third-order valence-electron chi connectivity index (χ3n) is 2.85. The van der Waals surface area contributed by atoms with E-state index in [9.17, 15) is 28.1 Å². The summed E-state index contributed by atoms with van der Waals surface area (Å²) in [5.41, 5.74) is 0. The highest BCUT2D eigenvalue weighted by molar-refractivity contribution is 5.82. The monoisotopic (exact) mass is 239 g/mol. The normalized spacial score (nSPS) is 24.2. The average molecular weight is 239 g/mol. The molecular formula is C9H12F3NO3. The molecule has 1 saturated carbocycles. The Morgan fingerprint density at radius 1 is 1.44 bits per heavy atom. The number of carbonyl (C=O) groups is 1. The zero-order valence-corrected chi connectivity index (χ0v) is 8.50. The molecule has 16 heavy (non-hydrogen) atoms. The molecule has 0 amide bonds. The first-order valence-corrected chi connectivity index (χ1v) is 5.03. The highest BCUT2D eigenvalue weighted by Crippen LogP contribution is 2.37. The molecule has 1 aliphatic rings. The first kappa shape index (κ1) is 12.9. The largest absolute Gasteiger partial charge is 0.398 e. The second-order valence-electron chi connectivity index (χ2n) is 3.98. The summed E-state index contributed by atoms with van der Waals surface area (Å²) in [7, 11) is 0. The van der Waals surface area contributed by atoms with Gasteiger partial charge in [-0.05, 0) is 12.8 Å². The Labute approximate surface area is 90.0 Å². The van der Waals surface area contributed by atoms with Gasteiger partial charge in [0.25, 0.3) is 0 Å². The number of hydrogen-bond donors (Lipinski definition) is 0. The Hall–Kier alpha value is -1.14. The van der Waals surface area contributed by atoms with Gasteiger partial charge in [0, 0.05) is 17.3 Å². The zero-order chi connectivity index (χ0) is 12.3. The van der Waals surface area contributed by atoms with Crippen LogP contribution in [0.4, 0.5) is 13.2 Å². The van der Waals surface area contributed by atoms with E-state index in [0.717, 1.165) is 0 Å². The average Bonchev–Trinajstić information content (AvgIpc) is 2.13. The molecule has 7 heteroatoms. The predicted octanol–water partition coefficient (Wildman–Crippen LogP) is 2.20. The molecule has 0 aliphatic heterocycles. The molecule has 0 aromatic carbocycles. The first-order valence-electron chi connectivity index (χ1n) is 5.03. The minimum atomic E-state index is -4.68. The molecule has 0 bridgehead atoms. The number of alkyl halides is 3. The highest BCUT2D eigenvalue weighted by atomic mass is 19.4. The molecule has 92 valence electrons. The summed E-state index contributed by atoms with van der Waals surface area (Å²) in [6, 6.07) is 0. The summed E-state index contributed by atoms with van der Waals surface area (Å²) >= 11 is 0. The van der Waals surface area contributed by atoms with Gasteiger partial charge in [-0.3, -0.25) is 14.9 Å². The Morgan fingerprint density at radius 3 is 2.50 bits per heavy atom. The molecule has 0 heterocycles. The zero-order valence-electron chi connectivity index (χ0n) is 8.50. The molecule has 2 unspecified atom stereocenters. The lowest BCUT2D eigenvalue weighted by atomic mass is 9.78. The molecule has 0 aromatic heterocycles. The van der Waals surface area contributed by atoms with Crippen molar-refractivity contribution in [3.8, 4) is 0 Å². The van der Waals surface area contributed by atoms with Gasteiger partial charge in [0.1, 0.15) is 11.7 Å². The van der Waals surface area contributed by atoms with E-state index in [4.69, 9.17) is 0 Å². The fraction of sp³-hybridized carbons (Fsp3) is 0.889. The van der Waals surface area contributed by atoms with Crippen LogP contribution < -0.4 is 0 Å². The van der Waals surface area contributed by atoms with E-state index >= 15 is 0 Å². The van der Waals surface area contributed by atoms with Crippen LogP contribution in [-0.2, 0) is 4.79 Å². The molecule has 4 nitrogen and oxygen atoms in total. The summed E-state index contributed by atoms with van der Waals surface area (Å²) in [6.45, 7) is -1.21. The van der Waals surface area contributed by atoms with Crippen molar-refractivity contribution in [2.45, 2.75) is 31.9 Å². The van der Waals surface area contributed by atoms with Crippen molar-refractivity contribution in [2.24, 2.45) is 11.8 Å². The third kappa shape index (κ3) is 3.18. The molecule has 0 saturated heterocycles. The van der Waals surface area contributed by atoms with Gasteiger partial charge in [-0.1, -0.05) is 6.42 Å². The van der Waals surface area contributed by atoms with Crippen molar-refractivity contribution in [3.63, 3.8) is 0 Å². The van der Waals surface area contributed by atoms with Crippen LogP contribution in [0.1, 0.15) is 25.7 Å². The van der Waals surface area contributed by atoms with Crippen LogP contribution in [0.25, 0.3) is 0 Å².